The van der Waals surface area contributed by atoms with Crippen LogP contribution in [-0.4, -0.2) is 35.2 Å². The van der Waals surface area contributed by atoms with Gasteiger partial charge in [0, 0.05) is 13.0 Å². The number of benzene rings is 1. The molecule has 0 atom stereocenters. The molecule has 0 fully saturated rings. The number of carboxylic acid groups (broad SMARTS) is 2. The van der Waals surface area contributed by atoms with Crippen molar-refractivity contribution in [3.05, 3.63) is 35.4 Å². The lowest BCUT2D eigenvalue weighted by molar-refractivity contribution is -0.162. The zero-order valence-electron chi connectivity index (χ0n) is 19.2. The fourth-order valence-electron chi connectivity index (χ4n) is 3.26. The van der Waals surface area contributed by atoms with Crippen LogP contribution in [0.5, 0.6) is 0 Å². The molecule has 5 nitrogen and oxygen atoms in total. The van der Waals surface area contributed by atoms with E-state index >= 15 is 0 Å². The number of aryl methyl sites for hydroxylation is 1. The maximum absolute atomic E-state index is 11.1. The van der Waals surface area contributed by atoms with Gasteiger partial charge < -0.3 is 15.5 Å². The molecule has 0 saturated heterocycles. The van der Waals surface area contributed by atoms with Crippen LogP contribution in [-0.2, 0) is 22.4 Å². The first-order valence-electron chi connectivity index (χ1n) is 11.6. The third-order valence-corrected chi connectivity index (χ3v) is 5.66. The summed E-state index contributed by atoms with van der Waals surface area (Å²) in [5.41, 5.74) is 0.807. The normalized spacial score (nSPS) is 11.0. The smallest absolute Gasteiger partial charge is 0.321 e. The summed E-state index contributed by atoms with van der Waals surface area (Å²) in [4.78, 5) is 22.2. The highest BCUT2D eigenvalue weighted by Gasteiger charge is 2.40. The van der Waals surface area contributed by atoms with Crippen LogP contribution in [0.4, 0.5) is 0 Å². The summed E-state index contributed by atoms with van der Waals surface area (Å²) in [6, 6.07) is 8.79. The standard InChI is InChI=1S/C26H39NO4/c1-3-4-5-6-7-8-9-10-13-22-14-16-23(17-15-22)18-21-27-20-12-11-19-26(2,24(28)29)25(30)31/h14-17,27H,3-10,13,18-21H2,1-2H3,(H,28,29)(H,30,31). The van der Waals surface area contributed by atoms with Crippen LogP contribution in [0.15, 0.2) is 24.3 Å². The molecule has 0 unspecified atom stereocenters. The van der Waals surface area contributed by atoms with Crippen LogP contribution in [0.3, 0.4) is 0 Å². The molecule has 0 radical (unpaired) electrons. The highest BCUT2D eigenvalue weighted by molar-refractivity contribution is 5.98. The topological polar surface area (TPSA) is 86.6 Å². The van der Waals surface area contributed by atoms with E-state index in [4.69, 9.17) is 10.2 Å². The number of hydrogen-bond donors (Lipinski definition) is 3. The van der Waals surface area contributed by atoms with Gasteiger partial charge in [0.15, 0.2) is 5.41 Å². The van der Waals surface area contributed by atoms with Gasteiger partial charge in [-0.15, -0.1) is 5.92 Å². The maximum Gasteiger partial charge on any atom is 0.321 e. The minimum Gasteiger partial charge on any atom is -0.480 e. The van der Waals surface area contributed by atoms with E-state index in [1.54, 1.807) is 0 Å². The van der Waals surface area contributed by atoms with Gasteiger partial charge in [-0.1, -0.05) is 82.1 Å². The largest absolute Gasteiger partial charge is 0.480 e. The number of hydrogen-bond acceptors (Lipinski definition) is 3. The van der Waals surface area contributed by atoms with Gasteiger partial charge in [-0.05, 0) is 37.3 Å². The SMILES string of the molecule is CCCCCCCCCCc1ccc(CCNCC#CCC(C)(C(=O)O)C(=O)O)cc1. The summed E-state index contributed by atoms with van der Waals surface area (Å²) in [5.74, 6) is 2.73. The van der Waals surface area contributed by atoms with Crippen molar-refractivity contribution in [1.29, 1.82) is 0 Å². The maximum atomic E-state index is 11.1. The molecule has 0 aliphatic heterocycles. The van der Waals surface area contributed by atoms with Crippen molar-refractivity contribution in [2.45, 2.75) is 84.5 Å². The molecule has 0 saturated carbocycles. The van der Waals surface area contributed by atoms with Gasteiger partial charge in [-0.2, -0.15) is 0 Å². The summed E-state index contributed by atoms with van der Waals surface area (Å²) >= 11 is 0. The lowest BCUT2D eigenvalue weighted by Gasteiger charge is -2.15. The van der Waals surface area contributed by atoms with Crippen LogP contribution in [0.2, 0.25) is 0 Å². The predicted molar refractivity (Wildman–Crippen MR) is 125 cm³/mol. The van der Waals surface area contributed by atoms with Gasteiger partial charge in [-0.25, -0.2) is 0 Å². The molecule has 0 spiro atoms. The molecule has 3 N–H and O–H groups in total. The molecule has 172 valence electrons. The van der Waals surface area contributed by atoms with E-state index in [0.717, 1.165) is 19.4 Å². The summed E-state index contributed by atoms with van der Waals surface area (Å²) in [5, 5.41) is 21.3. The van der Waals surface area contributed by atoms with Crippen molar-refractivity contribution >= 4 is 11.9 Å². The quantitative estimate of drug-likeness (QED) is 0.194. The highest BCUT2D eigenvalue weighted by atomic mass is 16.4. The first-order chi connectivity index (χ1) is 14.9. The van der Waals surface area contributed by atoms with Crippen molar-refractivity contribution in [2.24, 2.45) is 5.41 Å². The van der Waals surface area contributed by atoms with Crippen LogP contribution in [0.25, 0.3) is 0 Å². The molecule has 0 aromatic heterocycles. The van der Waals surface area contributed by atoms with E-state index in [1.807, 2.05) is 0 Å². The Bertz CT molecular complexity index is 701. The minimum absolute atomic E-state index is 0.209. The number of carboxylic acids is 2. The van der Waals surface area contributed by atoms with Gasteiger partial charge in [0.05, 0.1) is 6.54 Å². The van der Waals surface area contributed by atoms with Crippen LogP contribution in [0.1, 0.15) is 82.8 Å². The van der Waals surface area contributed by atoms with Crippen molar-refractivity contribution in [2.75, 3.05) is 13.1 Å². The van der Waals surface area contributed by atoms with E-state index in [9.17, 15) is 9.59 Å². The number of nitrogens with one attached hydrogen (secondary N) is 1. The van der Waals surface area contributed by atoms with Gasteiger partial charge in [0.25, 0.3) is 0 Å². The molecule has 1 aromatic rings. The second kappa shape index (κ2) is 15.5. The van der Waals surface area contributed by atoms with E-state index < -0.39 is 17.4 Å². The molecule has 0 bridgehead atoms. The lowest BCUT2D eigenvalue weighted by Crippen LogP contribution is -2.35. The van der Waals surface area contributed by atoms with Crippen LogP contribution in [0, 0.1) is 17.3 Å². The number of unbranched alkanes of at least 4 members (excludes halogenated alkanes) is 7. The average molecular weight is 430 g/mol. The molecule has 0 aliphatic rings. The Morgan fingerprint density at radius 3 is 1.90 bits per heavy atom. The Morgan fingerprint density at radius 2 is 1.35 bits per heavy atom. The van der Waals surface area contributed by atoms with Gasteiger partial charge in [0.1, 0.15) is 0 Å². The lowest BCUT2D eigenvalue weighted by atomic mass is 9.87. The fourth-order valence-corrected chi connectivity index (χ4v) is 3.26. The van der Waals surface area contributed by atoms with E-state index in [-0.39, 0.29) is 6.42 Å². The van der Waals surface area contributed by atoms with Crippen LogP contribution >= 0.6 is 0 Å². The molecule has 1 rings (SSSR count). The van der Waals surface area contributed by atoms with Crippen LogP contribution < -0.4 is 5.32 Å². The number of rotatable bonds is 16. The first-order valence-corrected chi connectivity index (χ1v) is 11.6. The predicted octanol–water partition coefficient (Wildman–Crippen LogP) is 5.07. The Hall–Kier alpha value is -2.32. The summed E-state index contributed by atoms with van der Waals surface area (Å²) in [6.07, 6.45) is 12.6. The Morgan fingerprint density at radius 1 is 0.839 bits per heavy atom. The van der Waals surface area contributed by atoms with Crippen molar-refractivity contribution in [3.63, 3.8) is 0 Å². The van der Waals surface area contributed by atoms with Crippen molar-refractivity contribution in [1.82, 2.24) is 5.32 Å². The van der Waals surface area contributed by atoms with E-state index in [0.29, 0.717) is 6.54 Å². The summed E-state index contributed by atoms with van der Waals surface area (Å²) in [7, 11) is 0. The molecule has 0 amide bonds. The number of carbonyl (C=O) groups is 2. The molecular weight excluding hydrogens is 390 g/mol. The third kappa shape index (κ3) is 11.0. The van der Waals surface area contributed by atoms with Crippen molar-refractivity contribution < 1.29 is 19.8 Å². The fraction of sp³-hybridized carbons (Fsp3) is 0.615. The molecule has 0 aliphatic carbocycles. The first kappa shape index (κ1) is 26.7. The molecule has 5 heteroatoms. The minimum atomic E-state index is -1.86. The average Bonchev–Trinajstić information content (AvgIpc) is 2.75. The zero-order valence-corrected chi connectivity index (χ0v) is 19.2. The molecule has 1 aromatic carbocycles. The van der Waals surface area contributed by atoms with Crippen molar-refractivity contribution in [3.8, 4) is 11.8 Å². The number of aliphatic carboxylic acids is 2. The highest BCUT2D eigenvalue weighted by Crippen LogP contribution is 2.21. The molecule has 31 heavy (non-hydrogen) atoms. The zero-order chi connectivity index (χ0) is 23.0. The Balaban J connectivity index is 2.17. The third-order valence-electron chi connectivity index (χ3n) is 5.66. The summed E-state index contributed by atoms with van der Waals surface area (Å²) in [6.45, 7) is 4.61. The molecular formula is C26H39NO4. The second-order valence-electron chi connectivity index (χ2n) is 8.44. The monoisotopic (exact) mass is 429 g/mol. The van der Waals surface area contributed by atoms with E-state index in [1.165, 1.54) is 69.4 Å². The van der Waals surface area contributed by atoms with Gasteiger partial charge in [-0.3, -0.25) is 9.59 Å². The van der Waals surface area contributed by atoms with Gasteiger partial charge >= 0.3 is 11.9 Å². The summed E-state index contributed by atoms with van der Waals surface area (Å²) < 4.78 is 0. The Labute approximate surface area is 187 Å². The van der Waals surface area contributed by atoms with Gasteiger partial charge in [0.2, 0.25) is 0 Å². The second-order valence-corrected chi connectivity index (χ2v) is 8.44. The Kier molecular flexibility index (Phi) is 13.3. The van der Waals surface area contributed by atoms with E-state index in [2.05, 4.69) is 48.3 Å². The molecule has 0 heterocycles.